The molecule has 0 aliphatic heterocycles. The van der Waals surface area contributed by atoms with Crippen LogP contribution in [0.25, 0.3) is 11.5 Å². The van der Waals surface area contributed by atoms with Gasteiger partial charge in [0.1, 0.15) is 5.76 Å². The molecule has 0 atom stereocenters. The molecular weight excluding hydrogens is 318 g/mol. The minimum Gasteiger partial charge on any atom is -0.441 e. The third kappa shape index (κ3) is 3.31. The van der Waals surface area contributed by atoms with Crippen LogP contribution in [0.1, 0.15) is 23.3 Å². The van der Waals surface area contributed by atoms with Gasteiger partial charge in [0.05, 0.1) is 12.2 Å². The van der Waals surface area contributed by atoms with Crippen molar-refractivity contribution in [1.82, 2.24) is 9.97 Å². The van der Waals surface area contributed by atoms with E-state index >= 15 is 0 Å². The van der Waals surface area contributed by atoms with Crippen LogP contribution in [0.3, 0.4) is 0 Å². The molecule has 2 heterocycles. The Morgan fingerprint density at radius 2 is 2.23 bits per heavy atom. The van der Waals surface area contributed by atoms with Crippen LogP contribution in [0.5, 0.6) is 0 Å². The van der Waals surface area contributed by atoms with Crippen molar-refractivity contribution < 1.29 is 4.42 Å². The topological polar surface area (TPSA) is 51.0 Å². The first kappa shape index (κ1) is 15.1. The van der Waals surface area contributed by atoms with E-state index in [0.717, 1.165) is 34.0 Å². The van der Waals surface area contributed by atoms with E-state index in [4.69, 9.17) is 16.0 Å². The van der Waals surface area contributed by atoms with Crippen LogP contribution in [0.2, 0.25) is 4.47 Å². The van der Waals surface area contributed by atoms with Crippen LogP contribution in [0, 0.1) is 6.92 Å². The predicted molar refractivity (Wildman–Crippen MR) is 90.5 cm³/mol. The van der Waals surface area contributed by atoms with Crippen LogP contribution in [0.4, 0.5) is 5.69 Å². The summed E-state index contributed by atoms with van der Waals surface area (Å²) in [6.45, 7) is 4.72. The summed E-state index contributed by atoms with van der Waals surface area (Å²) in [7, 11) is 0. The molecule has 0 fully saturated rings. The number of anilines is 1. The molecule has 3 aromatic rings. The summed E-state index contributed by atoms with van der Waals surface area (Å²) in [6, 6.07) is 8.04. The van der Waals surface area contributed by atoms with E-state index in [1.165, 1.54) is 11.3 Å². The predicted octanol–water partition coefficient (Wildman–Crippen LogP) is 4.93. The van der Waals surface area contributed by atoms with Crippen LogP contribution in [-0.4, -0.2) is 9.97 Å². The van der Waals surface area contributed by atoms with E-state index in [2.05, 4.69) is 22.2 Å². The van der Waals surface area contributed by atoms with Crippen molar-refractivity contribution in [1.29, 1.82) is 0 Å². The average Bonchev–Trinajstić information content (AvgIpc) is 3.11. The lowest BCUT2D eigenvalue weighted by Gasteiger charge is -2.05. The first-order chi connectivity index (χ1) is 10.7. The Bertz CT molecular complexity index is 781. The van der Waals surface area contributed by atoms with Crippen LogP contribution >= 0.6 is 22.9 Å². The molecule has 0 spiro atoms. The Hall–Kier alpha value is -1.85. The van der Waals surface area contributed by atoms with Crippen molar-refractivity contribution in [2.75, 3.05) is 5.32 Å². The molecule has 6 heteroatoms. The number of nitrogens with zero attached hydrogens (tertiary/aromatic N) is 2. The van der Waals surface area contributed by atoms with Gasteiger partial charge in [-0.2, -0.15) is 0 Å². The van der Waals surface area contributed by atoms with Crippen molar-refractivity contribution >= 4 is 28.6 Å². The van der Waals surface area contributed by atoms with Crippen molar-refractivity contribution in [3.05, 3.63) is 51.3 Å². The van der Waals surface area contributed by atoms with Gasteiger partial charge < -0.3 is 9.73 Å². The summed E-state index contributed by atoms with van der Waals surface area (Å²) < 4.78 is 6.31. The van der Waals surface area contributed by atoms with E-state index in [1.54, 1.807) is 6.20 Å². The van der Waals surface area contributed by atoms with Gasteiger partial charge in [-0.25, -0.2) is 9.97 Å². The number of rotatable bonds is 5. The molecule has 1 aromatic carbocycles. The van der Waals surface area contributed by atoms with E-state index in [0.29, 0.717) is 16.9 Å². The molecular formula is C16H16ClN3OS. The second kappa shape index (κ2) is 6.50. The molecule has 2 aromatic heterocycles. The number of hydrogen-bond donors (Lipinski definition) is 1. The molecule has 4 nitrogen and oxygen atoms in total. The number of thiazole rings is 1. The highest BCUT2D eigenvalue weighted by molar-refractivity contribution is 7.15. The van der Waals surface area contributed by atoms with Crippen LogP contribution < -0.4 is 5.32 Å². The summed E-state index contributed by atoms with van der Waals surface area (Å²) in [5, 5.41) is 3.36. The second-order valence-electron chi connectivity index (χ2n) is 4.89. The standard InChI is InChI=1S/C16H16ClN3OS/c1-3-14-10(2)21-15(20-14)11-5-4-6-12(7-11)18-8-13-9-19-16(17)22-13/h4-7,9,18H,3,8H2,1-2H3. The van der Waals surface area contributed by atoms with E-state index in [1.807, 2.05) is 31.2 Å². The van der Waals surface area contributed by atoms with Crippen molar-refractivity contribution in [3.8, 4) is 11.5 Å². The molecule has 1 N–H and O–H groups in total. The van der Waals surface area contributed by atoms with Gasteiger partial charge in [0.2, 0.25) is 5.89 Å². The van der Waals surface area contributed by atoms with E-state index in [-0.39, 0.29) is 0 Å². The Balaban J connectivity index is 1.76. The summed E-state index contributed by atoms with van der Waals surface area (Å²) in [5.74, 6) is 1.55. The number of halogens is 1. The molecule has 3 rings (SSSR count). The third-order valence-electron chi connectivity index (χ3n) is 3.33. The fourth-order valence-electron chi connectivity index (χ4n) is 2.20. The quantitative estimate of drug-likeness (QED) is 0.719. The smallest absolute Gasteiger partial charge is 0.226 e. The van der Waals surface area contributed by atoms with Crippen molar-refractivity contribution in [2.24, 2.45) is 0 Å². The molecule has 0 saturated heterocycles. The second-order valence-corrected chi connectivity index (χ2v) is 6.59. The number of hydrogen-bond acceptors (Lipinski definition) is 5. The normalized spacial score (nSPS) is 10.9. The molecule has 0 unspecified atom stereocenters. The Kier molecular flexibility index (Phi) is 4.45. The Labute approximate surface area is 138 Å². The summed E-state index contributed by atoms with van der Waals surface area (Å²) in [5.41, 5.74) is 2.98. The monoisotopic (exact) mass is 333 g/mol. The molecule has 114 valence electrons. The highest BCUT2D eigenvalue weighted by Crippen LogP contribution is 2.25. The zero-order valence-electron chi connectivity index (χ0n) is 12.4. The fourth-order valence-corrected chi connectivity index (χ4v) is 3.11. The van der Waals surface area contributed by atoms with Gasteiger partial charge >= 0.3 is 0 Å². The maximum Gasteiger partial charge on any atom is 0.226 e. The zero-order chi connectivity index (χ0) is 15.5. The summed E-state index contributed by atoms with van der Waals surface area (Å²) in [4.78, 5) is 9.67. The van der Waals surface area contributed by atoms with Crippen molar-refractivity contribution in [3.63, 3.8) is 0 Å². The number of oxazole rings is 1. The van der Waals surface area contributed by atoms with Gasteiger partial charge in [0.15, 0.2) is 4.47 Å². The SMILES string of the molecule is CCc1nc(-c2cccc(NCc3cnc(Cl)s3)c2)oc1C. The zero-order valence-corrected chi connectivity index (χ0v) is 14.0. The van der Waals surface area contributed by atoms with Crippen LogP contribution in [-0.2, 0) is 13.0 Å². The third-order valence-corrected chi connectivity index (χ3v) is 4.44. The highest BCUT2D eigenvalue weighted by atomic mass is 35.5. The summed E-state index contributed by atoms with van der Waals surface area (Å²) >= 11 is 7.31. The molecule has 0 aliphatic carbocycles. The van der Waals surface area contributed by atoms with Gasteiger partial charge in [0, 0.05) is 22.3 Å². The van der Waals surface area contributed by atoms with Gasteiger partial charge in [-0.15, -0.1) is 11.3 Å². The summed E-state index contributed by atoms with van der Waals surface area (Å²) in [6.07, 6.45) is 2.66. The molecule has 0 radical (unpaired) electrons. The minimum atomic E-state index is 0.563. The van der Waals surface area contributed by atoms with Gasteiger partial charge in [0.25, 0.3) is 0 Å². The first-order valence-corrected chi connectivity index (χ1v) is 8.26. The molecule has 22 heavy (non-hydrogen) atoms. The molecule has 0 saturated carbocycles. The fraction of sp³-hybridized carbons (Fsp3) is 0.250. The number of aryl methyl sites for hydroxylation is 2. The Morgan fingerprint density at radius 3 is 2.91 bits per heavy atom. The Morgan fingerprint density at radius 1 is 1.36 bits per heavy atom. The maximum atomic E-state index is 5.84. The lowest BCUT2D eigenvalue weighted by Crippen LogP contribution is -1.97. The van der Waals surface area contributed by atoms with Gasteiger partial charge in [-0.3, -0.25) is 0 Å². The van der Waals surface area contributed by atoms with E-state index < -0.39 is 0 Å². The van der Waals surface area contributed by atoms with Gasteiger partial charge in [-0.1, -0.05) is 24.6 Å². The van der Waals surface area contributed by atoms with Crippen LogP contribution in [0.15, 0.2) is 34.9 Å². The van der Waals surface area contributed by atoms with Gasteiger partial charge in [-0.05, 0) is 31.5 Å². The number of nitrogens with one attached hydrogen (secondary N) is 1. The maximum absolute atomic E-state index is 5.84. The van der Waals surface area contributed by atoms with Crippen molar-refractivity contribution in [2.45, 2.75) is 26.8 Å². The first-order valence-electron chi connectivity index (χ1n) is 7.06. The molecule has 0 bridgehead atoms. The lowest BCUT2D eigenvalue weighted by molar-refractivity contribution is 0.540. The molecule has 0 amide bonds. The van der Waals surface area contributed by atoms with E-state index in [9.17, 15) is 0 Å². The largest absolute Gasteiger partial charge is 0.441 e. The minimum absolute atomic E-state index is 0.563. The number of aromatic nitrogens is 2. The average molecular weight is 334 g/mol. The lowest BCUT2D eigenvalue weighted by atomic mass is 10.2. The molecule has 0 aliphatic rings. The highest BCUT2D eigenvalue weighted by Gasteiger charge is 2.10. The number of benzene rings is 1.